The van der Waals surface area contributed by atoms with Crippen LogP contribution in [0.15, 0.2) is 6.07 Å². The summed E-state index contributed by atoms with van der Waals surface area (Å²) in [6, 6.07) is 1.38. The Labute approximate surface area is 91.3 Å². The van der Waals surface area contributed by atoms with Crippen LogP contribution in [0, 0.1) is 6.92 Å². The molecule has 0 bridgehead atoms. The Hall–Kier alpha value is -1.56. The van der Waals surface area contributed by atoms with Gasteiger partial charge in [0.05, 0.1) is 5.00 Å². The number of aryl methyl sites for hydroxylation is 1. The van der Waals surface area contributed by atoms with Crippen molar-refractivity contribution in [3.05, 3.63) is 16.5 Å². The van der Waals surface area contributed by atoms with Gasteiger partial charge >= 0.3 is 12.0 Å². The lowest BCUT2D eigenvalue weighted by Gasteiger charge is -2.09. The van der Waals surface area contributed by atoms with E-state index in [0.717, 1.165) is 11.3 Å². The first-order valence-corrected chi connectivity index (χ1v) is 5.05. The summed E-state index contributed by atoms with van der Waals surface area (Å²) < 4.78 is 0. The van der Waals surface area contributed by atoms with Crippen molar-refractivity contribution in [1.29, 1.82) is 0 Å². The predicted molar refractivity (Wildman–Crippen MR) is 58.7 cm³/mol. The molecule has 15 heavy (non-hydrogen) atoms. The summed E-state index contributed by atoms with van der Waals surface area (Å²) in [5, 5.41) is 12.0. The van der Waals surface area contributed by atoms with Gasteiger partial charge in [-0.25, -0.2) is 9.59 Å². The SMILES string of the molecule is Cc1cc(NC(=O)N(C)C)sc1C(=O)O. The third-order valence-corrected chi connectivity index (χ3v) is 2.89. The number of amides is 2. The van der Waals surface area contributed by atoms with Crippen molar-refractivity contribution in [2.75, 3.05) is 19.4 Å². The van der Waals surface area contributed by atoms with Gasteiger partial charge in [-0.15, -0.1) is 11.3 Å². The van der Waals surface area contributed by atoms with Gasteiger partial charge in [-0.2, -0.15) is 0 Å². The molecule has 0 saturated carbocycles. The second-order valence-electron chi connectivity index (χ2n) is 3.25. The lowest BCUT2D eigenvalue weighted by atomic mass is 10.3. The first-order valence-electron chi connectivity index (χ1n) is 4.24. The fourth-order valence-corrected chi connectivity index (χ4v) is 1.87. The van der Waals surface area contributed by atoms with E-state index in [9.17, 15) is 9.59 Å². The lowest BCUT2D eigenvalue weighted by Crippen LogP contribution is -2.26. The van der Waals surface area contributed by atoms with Crippen LogP contribution in [0.2, 0.25) is 0 Å². The zero-order valence-electron chi connectivity index (χ0n) is 8.70. The molecule has 0 saturated heterocycles. The fourth-order valence-electron chi connectivity index (χ4n) is 0.973. The summed E-state index contributed by atoms with van der Waals surface area (Å²) in [5.41, 5.74) is 0.654. The number of hydrogen-bond acceptors (Lipinski definition) is 3. The molecule has 1 aromatic rings. The summed E-state index contributed by atoms with van der Waals surface area (Å²) in [5.74, 6) is -0.970. The van der Waals surface area contributed by atoms with Gasteiger partial charge in [-0.3, -0.25) is 5.32 Å². The molecule has 0 fully saturated rings. The number of thiophene rings is 1. The molecule has 0 aliphatic rings. The van der Waals surface area contributed by atoms with Gasteiger partial charge in [0, 0.05) is 14.1 Å². The van der Waals surface area contributed by atoms with Crippen LogP contribution in [-0.4, -0.2) is 36.1 Å². The van der Waals surface area contributed by atoms with Crippen molar-refractivity contribution in [3.8, 4) is 0 Å². The van der Waals surface area contributed by atoms with E-state index in [0.29, 0.717) is 10.6 Å². The molecule has 0 aliphatic heterocycles. The molecule has 5 nitrogen and oxygen atoms in total. The molecule has 1 heterocycles. The minimum Gasteiger partial charge on any atom is -0.477 e. The summed E-state index contributed by atoms with van der Waals surface area (Å²) in [4.78, 5) is 23.7. The predicted octanol–water partition coefficient (Wildman–Crippen LogP) is 1.85. The number of carbonyl (C=O) groups excluding carboxylic acids is 1. The third-order valence-electron chi connectivity index (χ3n) is 1.75. The highest BCUT2D eigenvalue weighted by molar-refractivity contribution is 7.18. The zero-order chi connectivity index (χ0) is 11.6. The third kappa shape index (κ3) is 2.69. The molecule has 6 heteroatoms. The topological polar surface area (TPSA) is 69.6 Å². The van der Waals surface area contributed by atoms with Gasteiger partial charge in [-0.05, 0) is 18.6 Å². The van der Waals surface area contributed by atoms with Gasteiger partial charge in [0.15, 0.2) is 0 Å². The molecule has 0 unspecified atom stereocenters. The standard InChI is InChI=1S/C9H12N2O3S/c1-5-4-6(10-9(14)11(2)3)15-7(5)8(12)13/h4H,1-3H3,(H,10,14)(H,12,13). The zero-order valence-corrected chi connectivity index (χ0v) is 9.51. The number of carbonyl (C=O) groups is 2. The maximum absolute atomic E-state index is 11.3. The van der Waals surface area contributed by atoms with E-state index >= 15 is 0 Å². The number of nitrogens with zero attached hydrogens (tertiary/aromatic N) is 1. The maximum atomic E-state index is 11.3. The molecule has 0 aliphatic carbocycles. The molecule has 0 spiro atoms. The fraction of sp³-hybridized carbons (Fsp3) is 0.333. The van der Waals surface area contributed by atoms with E-state index in [4.69, 9.17) is 5.11 Å². The van der Waals surface area contributed by atoms with Gasteiger partial charge in [0.2, 0.25) is 0 Å². The molecule has 0 atom stereocenters. The van der Waals surface area contributed by atoms with Crippen LogP contribution < -0.4 is 5.32 Å². The Kier molecular flexibility index (Phi) is 3.31. The Morgan fingerprint density at radius 1 is 1.47 bits per heavy atom. The van der Waals surface area contributed by atoms with E-state index in [1.54, 1.807) is 27.1 Å². The molecule has 2 N–H and O–H groups in total. The van der Waals surface area contributed by atoms with Crippen molar-refractivity contribution < 1.29 is 14.7 Å². The maximum Gasteiger partial charge on any atom is 0.346 e. The number of rotatable bonds is 2. The van der Waals surface area contributed by atoms with Crippen molar-refractivity contribution in [2.24, 2.45) is 0 Å². The highest BCUT2D eigenvalue weighted by Gasteiger charge is 2.13. The van der Waals surface area contributed by atoms with Gasteiger partial charge in [0.1, 0.15) is 4.88 Å². The van der Waals surface area contributed by atoms with E-state index in [-0.39, 0.29) is 10.9 Å². The number of nitrogens with one attached hydrogen (secondary N) is 1. The van der Waals surface area contributed by atoms with Gasteiger partial charge in [0.25, 0.3) is 0 Å². The Balaban J connectivity index is 2.84. The Bertz CT molecular complexity index is 398. The minimum atomic E-state index is -0.970. The smallest absolute Gasteiger partial charge is 0.346 e. The van der Waals surface area contributed by atoms with Crippen LogP contribution in [0.3, 0.4) is 0 Å². The van der Waals surface area contributed by atoms with E-state index in [1.165, 1.54) is 4.90 Å². The monoisotopic (exact) mass is 228 g/mol. The first kappa shape index (κ1) is 11.5. The molecule has 0 radical (unpaired) electrons. The average Bonchev–Trinajstić information content (AvgIpc) is 2.46. The first-order chi connectivity index (χ1) is 6.91. The summed E-state index contributed by atoms with van der Waals surface area (Å²) in [7, 11) is 3.24. The van der Waals surface area contributed by atoms with Crippen LogP contribution in [-0.2, 0) is 0 Å². The molecule has 1 rings (SSSR count). The van der Waals surface area contributed by atoms with E-state index in [1.807, 2.05) is 0 Å². The Morgan fingerprint density at radius 3 is 2.47 bits per heavy atom. The summed E-state index contributed by atoms with van der Waals surface area (Å²) >= 11 is 1.06. The largest absolute Gasteiger partial charge is 0.477 e. The average molecular weight is 228 g/mol. The van der Waals surface area contributed by atoms with E-state index in [2.05, 4.69) is 5.32 Å². The molecule has 1 aromatic heterocycles. The van der Waals surface area contributed by atoms with Crippen LogP contribution >= 0.6 is 11.3 Å². The van der Waals surface area contributed by atoms with Gasteiger partial charge < -0.3 is 10.0 Å². The van der Waals surface area contributed by atoms with Crippen molar-refractivity contribution in [1.82, 2.24) is 4.90 Å². The summed E-state index contributed by atoms with van der Waals surface area (Å²) in [6.07, 6.45) is 0. The number of carboxylic acids is 1. The molecular formula is C9H12N2O3S. The Morgan fingerprint density at radius 2 is 2.07 bits per heavy atom. The van der Waals surface area contributed by atoms with Crippen LogP contribution in [0.4, 0.5) is 9.80 Å². The molecule has 0 aromatic carbocycles. The molecular weight excluding hydrogens is 216 g/mol. The van der Waals surface area contributed by atoms with Crippen molar-refractivity contribution in [3.63, 3.8) is 0 Å². The molecule has 82 valence electrons. The number of carboxylic acid groups (broad SMARTS) is 1. The number of anilines is 1. The van der Waals surface area contributed by atoms with Gasteiger partial charge in [-0.1, -0.05) is 0 Å². The second kappa shape index (κ2) is 4.31. The van der Waals surface area contributed by atoms with Crippen LogP contribution in [0.1, 0.15) is 15.2 Å². The lowest BCUT2D eigenvalue weighted by molar-refractivity contribution is 0.0701. The van der Waals surface area contributed by atoms with Crippen LogP contribution in [0.5, 0.6) is 0 Å². The number of aromatic carboxylic acids is 1. The number of hydrogen-bond donors (Lipinski definition) is 2. The second-order valence-corrected chi connectivity index (χ2v) is 4.30. The minimum absolute atomic E-state index is 0.254. The summed E-state index contributed by atoms with van der Waals surface area (Å²) in [6.45, 7) is 1.70. The highest BCUT2D eigenvalue weighted by atomic mass is 32.1. The van der Waals surface area contributed by atoms with E-state index < -0.39 is 5.97 Å². The van der Waals surface area contributed by atoms with Crippen LogP contribution in [0.25, 0.3) is 0 Å². The normalized spacial score (nSPS) is 9.80. The van der Waals surface area contributed by atoms with Crippen molar-refractivity contribution in [2.45, 2.75) is 6.92 Å². The highest BCUT2D eigenvalue weighted by Crippen LogP contribution is 2.26. The van der Waals surface area contributed by atoms with Crippen molar-refractivity contribution >= 4 is 28.3 Å². The molecule has 2 amide bonds. The number of urea groups is 1. The quantitative estimate of drug-likeness (QED) is 0.811.